The maximum atomic E-state index is 12.4. The van der Waals surface area contributed by atoms with Gasteiger partial charge >= 0.3 is 0 Å². The molecule has 0 aliphatic carbocycles. The third-order valence-corrected chi connectivity index (χ3v) is 3.82. The smallest absolute Gasteiger partial charge is 0.275 e. The van der Waals surface area contributed by atoms with Crippen LogP contribution in [-0.2, 0) is 16.1 Å². The summed E-state index contributed by atoms with van der Waals surface area (Å²) in [7, 11) is 0. The molecule has 0 radical (unpaired) electrons. The first-order chi connectivity index (χ1) is 10.5. The predicted molar refractivity (Wildman–Crippen MR) is 82.6 cm³/mol. The molecule has 3 rings (SSSR count). The Balaban J connectivity index is 1.82. The first kappa shape index (κ1) is 14.7. The maximum absolute atomic E-state index is 12.4. The standard InChI is InChI=1S/C16H19N3O3/c1-11-8-18(9-12(2)22-11)15(20)10-19-16(21)14-6-4-3-5-13(14)7-17-19/h3-7,11-12H,8-10H2,1-2H3. The minimum atomic E-state index is -0.235. The van der Waals surface area contributed by atoms with Gasteiger partial charge in [-0.15, -0.1) is 0 Å². The van der Waals surface area contributed by atoms with Crippen LogP contribution >= 0.6 is 0 Å². The van der Waals surface area contributed by atoms with Crippen molar-refractivity contribution in [3.8, 4) is 0 Å². The van der Waals surface area contributed by atoms with Crippen molar-refractivity contribution in [2.24, 2.45) is 0 Å². The number of aromatic nitrogens is 2. The van der Waals surface area contributed by atoms with Crippen LogP contribution in [0.15, 0.2) is 35.3 Å². The van der Waals surface area contributed by atoms with Crippen molar-refractivity contribution >= 4 is 16.7 Å². The fraction of sp³-hybridized carbons (Fsp3) is 0.438. The molecule has 1 aromatic heterocycles. The molecule has 1 saturated heterocycles. The molecule has 0 N–H and O–H groups in total. The zero-order valence-electron chi connectivity index (χ0n) is 12.7. The van der Waals surface area contributed by atoms with E-state index < -0.39 is 0 Å². The minimum absolute atomic E-state index is 0.00832. The summed E-state index contributed by atoms with van der Waals surface area (Å²) < 4.78 is 6.85. The Kier molecular flexibility index (Phi) is 3.94. The van der Waals surface area contributed by atoms with Gasteiger partial charge in [0.2, 0.25) is 5.91 Å². The number of carbonyl (C=O) groups is 1. The van der Waals surface area contributed by atoms with E-state index in [0.29, 0.717) is 18.5 Å². The molecule has 1 aliphatic heterocycles. The molecule has 22 heavy (non-hydrogen) atoms. The highest BCUT2D eigenvalue weighted by atomic mass is 16.5. The average molecular weight is 301 g/mol. The Morgan fingerprint density at radius 3 is 2.68 bits per heavy atom. The molecule has 6 heteroatoms. The fourth-order valence-electron chi connectivity index (χ4n) is 2.85. The van der Waals surface area contributed by atoms with Crippen LogP contribution in [0.4, 0.5) is 0 Å². The van der Waals surface area contributed by atoms with E-state index in [4.69, 9.17) is 4.74 Å². The molecule has 116 valence electrons. The van der Waals surface area contributed by atoms with Crippen LogP contribution in [0.5, 0.6) is 0 Å². The molecule has 0 saturated carbocycles. The van der Waals surface area contributed by atoms with Crippen molar-refractivity contribution in [1.29, 1.82) is 0 Å². The molecule has 2 heterocycles. The lowest BCUT2D eigenvalue weighted by Gasteiger charge is -2.35. The number of hydrogen-bond acceptors (Lipinski definition) is 4. The number of ether oxygens (including phenoxy) is 1. The van der Waals surface area contributed by atoms with Gasteiger partial charge in [0.15, 0.2) is 0 Å². The summed E-state index contributed by atoms with van der Waals surface area (Å²) in [6.07, 6.45) is 1.64. The third kappa shape index (κ3) is 2.87. The van der Waals surface area contributed by atoms with Crippen LogP contribution in [-0.4, -0.2) is 45.9 Å². The molecule has 6 nitrogen and oxygen atoms in total. The van der Waals surface area contributed by atoms with Gasteiger partial charge in [0.25, 0.3) is 5.56 Å². The van der Waals surface area contributed by atoms with Gasteiger partial charge in [0.05, 0.1) is 23.8 Å². The number of morpholine rings is 1. The van der Waals surface area contributed by atoms with Gasteiger partial charge in [0.1, 0.15) is 6.54 Å². The van der Waals surface area contributed by atoms with Crippen molar-refractivity contribution < 1.29 is 9.53 Å². The second kappa shape index (κ2) is 5.88. The Hall–Kier alpha value is -2.21. The Bertz CT molecular complexity index is 746. The topological polar surface area (TPSA) is 64.4 Å². The molecule has 1 amide bonds. The van der Waals surface area contributed by atoms with Gasteiger partial charge < -0.3 is 9.64 Å². The average Bonchev–Trinajstić information content (AvgIpc) is 2.49. The summed E-state index contributed by atoms with van der Waals surface area (Å²) in [5, 5.41) is 5.46. The van der Waals surface area contributed by atoms with Crippen molar-refractivity contribution in [2.75, 3.05) is 13.1 Å². The first-order valence-corrected chi connectivity index (χ1v) is 7.42. The SMILES string of the molecule is CC1CN(C(=O)Cn2ncc3ccccc3c2=O)CC(C)O1. The zero-order valence-corrected chi connectivity index (χ0v) is 12.7. The van der Waals surface area contributed by atoms with Gasteiger partial charge in [-0.2, -0.15) is 5.10 Å². The quantitative estimate of drug-likeness (QED) is 0.831. The molecule has 2 aromatic rings. The molecule has 2 unspecified atom stereocenters. The molecular weight excluding hydrogens is 282 g/mol. The minimum Gasteiger partial charge on any atom is -0.372 e. The van der Waals surface area contributed by atoms with E-state index in [2.05, 4.69) is 5.10 Å². The maximum Gasteiger partial charge on any atom is 0.275 e. The summed E-state index contributed by atoms with van der Waals surface area (Å²) in [5.41, 5.74) is -0.235. The van der Waals surface area contributed by atoms with Crippen LogP contribution < -0.4 is 5.56 Å². The summed E-state index contributed by atoms with van der Waals surface area (Å²) in [6.45, 7) is 4.94. The molecule has 1 aliphatic rings. The Morgan fingerprint density at radius 2 is 1.95 bits per heavy atom. The number of amides is 1. The Morgan fingerprint density at radius 1 is 1.27 bits per heavy atom. The van der Waals surface area contributed by atoms with E-state index >= 15 is 0 Å². The predicted octanol–water partition coefficient (Wildman–Crippen LogP) is 1.03. The molecule has 0 spiro atoms. The van der Waals surface area contributed by atoms with Crippen LogP contribution in [0.3, 0.4) is 0 Å². The largest absolute Gasteiger partial charge is 0.372 e. The van der Waals surface area contributed by atoms with Crippen molar-refractivity contribution in [3.05, 3.63) is 40.8 Å². The van der Waals surface area contributed by atoms with Crippen LogP contribution in [0.25, 0.3) is 10.8 Å². The number of rotatable bonds is 2. The molecule has 2 atom stereocenters. The highest BCUT2D eigenvalue weighted by Crippen LogP contribution is 2.11. The van der Waals surface area contributed by atoms with Gasteiger partial charge in [-0.05, 0) is 19.9 Å². The van der Waals surface area contributed by atoms with Gasteiger partial charge in [0, 0.05) is 18.5 Å². The lowest BCUT2D eigenvalue weighted by atomic mass is 10.2. The third-order valence-electron chi connectivity index (χ3n) is 3.82. The van der Waals surface area contributed by atoms with Gasteiger partial charge in [-0.25, -0.2) is 4.68 Å². The summed E-state index contributed by atoms with van der Waals surface area (Å²) >= 11 is 0. The van der Waals surface area contributed by atoms with Crippen molar-refractivity contribution in [2.45, 2.75) is 32.6 Å². The second-order valence-corrected chi connectivity index (χ2v) is 5.75. The summed E-state index contributed by atoms with van der Waals surface area (Å²) in [4.78, 5) is 26.5. The van der Waals surface area contributed by atoms with E-state index in [1.54, 1.807) is 23.2 Å². The second-order valence-electron chi connectivity index (χ2n) is 5.75. The van der Waals surface area contributed by atoms with Crippen molar-refractivity contribution in [1.82, 2.24) is 14.7 Å². The van der Waals surface area contributed by atoms with E-state index in [-0.39, 0.29) is 30.2 Å². The van der Waals surface area contributed by atoms with E-state index in [1.165, 1.54) is 4.68 Å². The number of fused-ring (bicyclic) bond motifs is 1. The van der Waals surface area contributed by atoms with Crippen LogP contribution in [0, 0.1) is 0 Å². The van der Waals surface area contributed by atoms with Gasteiger partial charge in [-0.3, -0.25) is 9.59 Å². The lowest BCUT2D eigenvalue weighted by molar-refractivity contribution is -0.144. The zero-order chi connectivity index (χ0) is 15.7. The fourth-order valence-corrected chi connectivity index (χ4v) is 2.85. The number of hydrogen-bond donors (Lipinski definition) is 0. The molecule has 1 aromatic carbocycles. The van der Waals surface area contributed by atoms with E-state index in [0.717, 1.165) is 5.39 Å². The number of carbonyl (C=O) groups excluding carboxylic acids is 1. The first-order valence-electron chi connectivity index (χ1n) is 7.42. The molecule has 1 fully saturated rings. The van der Waals surface area contributed by atoms with Gasteiger partial charge in [-0.1, -0.05) is 18.2 Å². The number of nitrogens with zero attached hydrogens (tertiary/aromatic N) is 3. The lowest BCUT2D eigenvalue weighted by Crippen LogP contribution is -2.49. The van der Waals surface area contributed by atoms with E-state index in [9.17, 15) is 9.59 Å². The summed E-state index contributed by atoms with van der Waals surface area (Å²) in [6, 6.07) is 7.25. The van der Waals surface area contributed by atoms with Crippen molar-refractivity contribution in [3.63, 3.8) is 0 Å². The Labute approximate surface area is 128 Å². The van der Waals surface area contributed by atoms with E-state index in [1.807, 2.05) is 26.0 Å². The highest BCUT2D eigenvalue weighted by Gasteiger charge is 2.26. The molecule has 0 bridgehead atoms. The molecular formula is C16H19N3O3. The monoisotopic (exact) mass is 301 g/mol. The van der Waals surface area contributed by atoms with Crippen LogP contribution in [0.2, 0.25) is 0 Å². The summed E-state index contributed by atoms with van der Waals surface area (Å²) in [5.74, 6) is -0.105. The highest BCUT2D eigenvalue weighted by molar-refractivity contribution is 5.81. The van der Waals surface area contributed by atoms with Crippen LogP contribution in [0.1, 0.15) is 13.8 Å². The number of benzene rings is 1. The normalized spacial score (nSPS) is 22.0.